The van der Waals surface area contributed by atoms with E-state index in [9.17, 15) is 18.4 Å². The van der Waals surface area contributed by atoms with Crippen LogP contribution in [0.25, 0.3) is 0 Å². The molecular formula is C28H30F2N2O4. The lowest BCUT2D eigenvalue weighted by Gasteiger charge is -2.29. The van der Waals surface area contributed by atoms with Crippen LogP contribution >= 0.6 is 0 Å². The van der Waals surface area contributed by atoms with Crippen LogP contribution in [-0.2, 0) is 28.4 Å². The van der Waals surface area contributed by atoms with Gasteiger partial charge in [-0.2, -0.15) is 0 Å². The van der Waals surface area contributed by atoms with Crippen LogP contribution in [0.5, 0.6) is 11.5 Å². The van der Waals surface area contributed by atoms with Gasteiger partial charge in [-0.15, -0.1) is 0 Å². The van der Waals surface area contributed by atoms with Crippen molar-refractivity contribution in [1.29, 1.82) is 0 Å². The third-order valence-corrected chi connectivity index (χ3v) is 5.88. The number of aromatic nitrogens is 1. The molecule has 0 fully saturated rings. The van der Waals surface area contributed by atoms with E-state index in [4.69, 9.17) is 4.74 Å². The molecule has 1 aliphatic heterocycles. The molecule has 0 radical (unpaired) electrons. The number of hydrogen-bond acceptors (Lipinski definition) is 5. The zero-order chi connectivity index (χ0) is 26.1. The minimum absolute atomic E-state index is 0.0215. The Morgan fingerprint density at radius 3 is 2.42 bits per heavy atom. The van der Waals surface area contributed by atoms with Gasteiger partial charge in [-0.25, -0.2) is 8.78 Å². The minimum atomic E-state index is -2.84. The van der Waals surface area contributed by atoms with Gasteiger partial charge in [0.2, 0.25) is 0 Å². The van der Waals surface area contributed by atoms with Crippen LogP contribution in [-0.4, -0.2) is 35.4 Å². The van der Waals surface area contributed by atoms with E-state index in [1.165, 1.54) is 24.6 Å². The molecule has 1 amide bonds. The van der Waals surface area contributed by atoms with Crippen molar-refractivity contribution in [3.63, 3.8) is 0 Å². The van der Waals surface area contributed by atoms with Crippen LogP contribution in [0.15, 0.2) is 60.8 Å². The Bertz CT molecular complexity index is 1180. The summed E-state index contributed by atoms with van der Waals surface area (Å²) < 4.78 is 37.6. The smallest absolute Gasteiger partial charge is 0.293 e. The van der Waals surface area contributed by atoms with Gasteiger partial charge in [0.1, 0.15) is 17.2 Å². The van der Waals surface area contributed by atoms with E-state index in [2.05, 4.69) is 9.72 Å². The van der Waals surface area contributed by atoms with Gasteiger partial charge in [-0.05, 0) is 79.4 Å². The van der Waals surface area contributed by atoms with E-state index in [0.29, 0.717) is 43.4 Å². The first-order chi connectivity index (χ1) is 17.3. The maximum atomic E-state index is 13.8. The molecule has 8 heteroatoms. The van der Waals surface area contributed by atoms with Crippen molar-refractivity contribution < 1.29 is 27.8 Å². The maximum Gasteiger partial charge on any atom is 0.293 e. The van der Waals surface area contributed by atoms with Gasteiger partial charge in [0, 0.05) is 31.3 Å². The molecule has 1 aromatic heterocycles. The number of fused-ring (bicyclic) bond motifs is 1. The van der Waals surface area contributed by atoms with E-state index in [1.54, 1.807) is 30.2 Å². The topological polar surface area (TPSA) is 68.7 Å². The van der Waals surface area contributed by atoms with Crippen LogP contribution in [0.4, 0.5) is 8.78 Å². The predicted molar refractivity (Wildman–Crippen MR) is 132 cm³/mol. The van der Waals surface area contributed by atoms with Crippen LogP contribution in [0, 0.1) is 6.92 Å². The number of amides is 1. The van der Waals surface area contributed by atoms with Crippen molar-refractivity contribution in [3.05, 3.63) is 88.7 Å². The highest BCUT2D eigenvalue weighted by Crippen LogP contribution is 2.33. The molecule has 6 nitrogen and oxygen atoms in total. The first-order valence-corrected chi connectivity index (χ1v) is 11.8. The first-order valence-electron chi connectivity index (χ1n) is 11.8. The number of hydrogen-bond donors (Lipinski definition) is 0. The Hall–Kier alpha value is -3.81. The van der Waals surface area contributed by atoms with Gasteiger partial charge < -0.3 is 14.4 Å². The number of ether oxygens (including phenoxy) is 2. The predicted octanol–water partition coefficient (Wildman–Crippen LogP) is 6.06. The normalized spacial score (nSPS) is 12.6. The molecule has 0 spiro atoms. The Morgan fingerprint density at radius 2 is 1.81 bits per heavy atom. The van der Waals surface area contributed by atoms with Gasteiger partial charge in [0.05, 0.1) is 6.61 Å². The molecule has 0 aliphatic carbocycles. The molecule has 1 aliphatic rings. The summed E-state index contributed by atoms with van der Waals surface area (Å²) in [7, 11) is 0. The number of carbonyl (C=O) groups excluding carboxylic acids is 2. The average Bonchev–Trinajstić information content (AvgIpc) is 2.89. The number of nitrogens with zero attached hydrogens (tertiary/aromatic N) is 2. The number of aryl methyl sites for hydroxylation is 1. The second kappa shape index (κ2) is 12.2. The van der Waals surface area contributed by atoms with Crippen molar-refractivity contribution in [2.24, 2.45) is 0 Å². The molecule has 0 N–H and O–H groups in total. The molecule has 4 rings (SSSR count). The molecule has 0 atom stereocenters. The fraction of sp³-hybridized carbons (Fsp3) is 0.321. The third-order valence-electron chi connectivity index (χ3n) is 5.88. The molecule has 190 valence electrons. The quantitative estimate of drug-likeness (QED) is 0.372. The van der Waals surface area contributed by atoms with Gasteiger partial charge in [-0.1, -0.05) is 19.1 Å². The van der Waals surface area contributed by atoms with Gasteiger partial charge >= 0.3 is 0 Å². The van der Waals surface area contributed by atoms with Gasteiger partial charge in [0.15, 0.2) is 0 Å². The first kappa shape index (κ1) is 26.8. The highest BCUT2D eigenvalue weighted by atomic mass is 19.3. The van der Waals surface area contributed by atoms with E-state index in [-0.39, 0.29) is 17.9 Å². The van der Waals surface area contributed by atoms with E-state index in [1.807, 2.05) is 37.3 Å². The summed E-state index contributed by atoms with van der Waals surface area (Å²) in [4.78, 5) is 28.1. The number of halogens is 2. The monoisotopic (exact) mass is 496 g/mol. The molecule has 0 saturated carbocycles. The van der Waals surface area contributed by atoms with Crippen LogP contribution in [0.1, 0.15) is 53.0 Å². The van der Waals surface area contributed by atoms with Crippen molar-refractivity contribution in [2.75, 3.05) is 13.2 Å². The van der Waals surface area contributed by atoms with Crippen LogP contribution in [0.3, 0.4) is 0 Å². The lowest BCUT2D eigenvalue weighted by molar-refractivity contribution is -0.128. The Balaban J connectivity index is 0.000000658. The molecule has 36 heavy (non-hydrogen) atoms. The molecule has 2 heterocycles. The van der Waals surface area contributed by atoms with E-state index < -0.39 is 5.92 Å². The fourth-order valence-corrected chi connectivity index (χ4v) is 3.80. The number of carbonyl (C=O) groups is 2. The molecular weight excluding hydrogens is 466 g/mol. The number of benzene rings is 2. The summed E-state index contributed by atoms with van der Waals surface area (Å²) in [5, 5.41) is 0. The van der Waals surface area contributed by atoms with Crippen molar-refractivity contribution in [1.82, 2.24) is 9.88 Å². The Kier molecular flexibility index (Phi) is 9.11. The minimum Gasteiger partial charge on any atom is -0.468 e. The number of rotatable bonds is 7. The van der Waals surface area contributed by atoms with Crippen molar-refractivity contribution in [2.45, 2.75) is 46.1 Å². The number of pyridine rings is 1. The van der Waals surface area contributed by atoms with Gasteiger partial charge in [0.25, 0.3) is 18.3 Å². The molecule has 2 aromatic carbocycles. The summed E-state index contributed by atoms with van der Waals surface area (Å²) in [5.74, 6) is -1.82. The lowest BCUT2D eigenvalue weighted by atomic mass is 9.99. The Labute approximate surface area is 209 Å². The van der Waals surface area contributed by atoms with Crippen molar-refractivity contribution >= 4 is 12.4 Å². The zero-order valence-corrected chi connectivity index (χ0v) is 20.7. The zero-order valence-electron chi connectivity index (χ0n) is 20.7. The summed E-state index contributed by atoms with van der Waals surface area (Å²) in [5.41, 5.74) is 3.49. The highest BCUT2D eigenvalue weighted by Gasteiger charge is 2.28. The summed E-state index contributed by atoms with van der Waals surface area (Å²) >= 11 is 0. The standard InChI is InChI=1S/C25H24F2N2O2.C3H6O2/c1-3-25(26,27)20-7-10-21(11-8-20)31-22-9-6-18-12-14-29(16-19(18)15-22)24(30)23-17(2)5-4-13-28-23;1-2-5-3-4/h4-11,13,15H,3,12,14,16H2,1-2H3;3H,2H2,1H3. The summed E-state index contributed by atoms with van der Waals surface area (Å²) in [6.07, 6.45) is 2.14. The summed E-state index contributed by atoms with van der Waals surface area (Å²) in [6.45, 7) is 7.11. The third kappa shape index (κ3) is 6.65. The summed E-state index contributed by atoms with van der Waals surface area (Å²) in [6, 6.07) is 15.4. The number of alkyl halides is 2. The average molecular weight is 497 g/mol. The fourth-order valence-electron chi connectivity index (χ4n) is 3.80. The second-order valence-electron chi connectivity index (χ2n) is 8.31. The SMILES string of the molecule is CCC(F)(F)c1ccc(Oc2ccc3c(c2)CN(C(=O)c2ncccc2C)CC3)cc1.CCOC=O. The molecule has 3 aromatic rings. The molecule has 0 unspecified atom stereocenters. The second-order valence-corrected chi connectivity index (χ2v) is 8.31. The maximum absolute atomic E-state index is 13.8. The van der Waals surface area contributed by atoms with E-state index in [0.717, 1.165) is 17.5 Å². The van der Waals surface area contributed by atoms with Crippen LogP contribution < -0.4 is 4.74 Å². The molecule has 0 bridgehead atoms. The van der Waals surface area contributed by atoms with Crippen molar-refractivity contribution in [3.8, 4) is 11.5 Å². The van der Waals surface area contributed by atoms with Crippen LogP contribution in [0.2, 0.25) is 0 Å². The highest BCUT2D eigenvalue weighted by molar-refractivity contribution is 5.93. The lowest BCUT2D eigenvalue weighted by Crippen LogP contribution is -2.36. The largest absolute Gasteiger partial charge is 0.468 e. The van der Waals surface area contributed by atoms with Gasteiger partial charge in [-0.3, -0.25) is 14.6 Å². The van der Waals surface area contributed by atoms with E-state index >= 15 is 0 Å². The molecule has 0 saturated heterocycles. The Morgan fingerprint density at radius 1 is 1.08 bits per heavy atom.